The number of hydrogen-bond donors (Lipinski definition) is 1. The summed E-state index contributed by atoms with van der Waals surface area (Å²) >= 11 is 0. The Balaban J connectivity index is 1.92. The second-order valence-corrected chi connectivity index (χ2v) is 5.45. The summed E-state index contributed by atoms with van der Waals surface area (Å²) < 4.78 is 0. The summed E-state index contributed by atoms with van der Waals surface area (Å²) in [4.78, 5) is 25.9. The summed E-state index contributed by atoms with van der Waals surface area (Å²) in [5, 5.41) is 0. The molecular formula is C16H18N2O2. The summed E-state index contributed by atoms with van der Waals surface area (Å²) in [5.74, 6) is -0.452. The van der Waals surface area contributed by atoms with Crippen molar-refractivity contribution < 1.29 is 9.59 Å². The van der Waals surface area contributed by atoms with Gasteiger partial charge in [-0.05, 0) is 30.4 Å². The lowest BCUT2D eigenvalue weighted by Gasteiger charge is -2.35. The van der Waals surface area contributed by atoms with Gasteiger partial charge in [-0.3, -0.25) is 9.59 Å². The quantitative estimate of drug-likeness (QED) is 0.886. The normalized spacial score (nSPS) is 21.3. The Labute approximate surface area is 118 Å². The highest BCUT2D eigenvalue weighted by Crippen LogP contribution is 2.27. The van der Waals surface area contributed by atoms with Crippen molar-refractivity contribution in [3.8, 4) is 0 Å². The van der Waals surface area contributed by atoms with E-state index in [4.69, 9.17) is 5.73 Å². The van der Waals surface area contributed by atoms with Gasteiger partial charge >= 0.3 is 0 Å². The topological polar surface area (TPSA) is 63.4 Å². The molecule has 0 radical (unpaired) electrons. The van der Waals surface area contributed by atoms with Gasteiger partial charge in [-0.15, -0.1) is 0 Å². The van der Waals surface area contributed by atoms with Crippen LogP contribution in [0.3, 0.4) is 0 Å². The third kappa shape index (κ3) is 2.22. The molecule has 4 heteroatoms. The fraction of sp³-hybridized carbons (Fsp3) is 0.375. The number of rotatable bonds is 2. The minimum Gasteiger partial charge on any atom is -0.368 e. The summed E-state index contributed by atoms with van der Waals surface area (Å²) in [7, 11) is 0. The molecule has 1 heterocycles. The lowest BCUT2D eigenvalue weighted by molar-refractivity contribution is -0.137. The van der Waals surface area contributed by atoms with Gasteiger partial charge in [0, 0.05) is 18.5 Å². The molecule has 3 rings (SSSR count). The summed E-state index contributed by atoms with van der Waals surface area (Å²) in [6, 6.07) is 7.39. The van der Waals surface area contributed by atoms with Crippen molar-refractivity contribution in [2.45, 2.75) is 38.3 Å². The number of fused-ring (bicyclic) bond motifs is 1. The van der Waals surface area contributed by atoms with E-state index >= 15 is 0 Å². The van der Waals surface area contributed by atoms with Gasteiger partial charge in [0.1, 0.15) is 6.04 Å². The predicted molar refractivity (Wildman–Crippen MR) is 75.6 cm³/mol. The Hall–Kier alpha value is -2.10. The van der Waals surface area contributed by atoms with Crippen LogP contribution in [0.5, 0.6) is 0 Å². The molecule has 2 amide bonds. The first-order valence-electron chi connectivity index (χ1n) is 7.03. The van der Waals surface area contributed by atoms with Crippen LogP contribution in [0.4, 0.5) is 0 Å². The minimum atomic E-state index is -0.529. The van der Waals surface area contributed by atoms with Crippen molar-refractivity contribution in [3.63, 3.8) is 0 Å². The Morgan fingerprint density at radius 1 is 1.20 bits per heavy atom. The lowest BCUT2D eigenvalue weighted by Crippen LogP contribution is -2.51. The molecule has 0 spiro atoms. The van der Waals surface area contributed by atoms with E-state index in [0.717, 1.165) is 36.0 Å². The highest BCUT2D eigenvalue weighted by Gasteiger charge is 2.34. The minimum absolute atomic E-state index is 0.0270. The molecular weight excluding hydrogens is 252 g/mol. The highest BCUT2D eigenvalue weighted by molar-refractivity contribution is 5.97. The number of nitrogens with zero attached hydrogens (tertiary/aromatic N) is 1. The van der Waals surface area contributed by atoms with Gasteiger partial charge < -0.3 is 10.6 Å². The summed E-state index contributed by atoms with van der Waals surface area (Å²) in [6.07, 6.45) is 5.29. The number of hydrogen-bond acceptors (Lipinski definition) is 2. The number of benzene rings is 1. The number of nitrogens with two attached hydrogens (primary N) is 1. The first-order valence-corrected chi connectivity index (χ1v) is 7.03. The Morgan fingerprint density at radius 2 is 1.95 bits per heavy atom. The van der Waals surface area contributed by atoms with E-state index in [-0.39, 0.29) is 5.91 Å². The molecule has 2 aliphatic rings. The van der Waals surface area contributed by atoms with Crippen LogP contribution in [0.25, 0.3) is 0 Å². The first-order chi connectivity index (χ1) is 9.66. The van der Waals surface area contributed by atoms with Crippen LogP contribution in [-0.2, 0) is 22.6 Å². The van der Waals surface area contributed by atoms with Gasteiger partial charge in [0.25, 0.3) is 0 Å². The van der Waals surface area contributed by atoms with E-state index in [2.05, 4.69) is 0 Å². The average molecular weight is 270 g/mol. The van der Waals surface area contributed by atoms with Crippen molar-refractivity contribution in [1.82, 2.24) is 4.90 Å². The van der Waals surface area contributed by atoms with Gasteiger partial charge in [0.05, 0.1) is 0 Å². The Bertz CT molecular complexity index is 592. The van der Waals surface area contributed by atoms with E-state index in [1.807, 2.05) is 30.3 Å². The van der Waals surface area contributed by atoms with Crippen LogP contribution < -0.4 is 5.73 Å². The highest BCUT2D eigenvalue weighted by atomic mass is 16.2. The second-order valence-electron chi connectivity index (χ2n) is 5.45. The Morgan fingerprint density at radius 3 is 2.60 bits per heavy atom. The zero-order valence-corrected chi connectivity index (χ0v) is 11.3. The molecule has 2 N–H and O–H groups in total. The monoisotopic (exact) mass is 270 g/mol. The third-order valence-corrected chi connectivity index (χ3v) is 4.15. The van der Waals surface area contributed by atoms with Gasteiger partial charge in [0.2, 0.25) is 11.8 Å². The number of amides is 2. The van der Waals surface area contributed by atoms with Crippen LogP contribution in [-0.4, -0.2) is 22.8 Å². The molecule has 4 nitrogen and oxygen atoms in total. The lowest BCUT2D eigenvalue weighted by atomic mass is 9.93. The summed E-state index contributed by atoms with van der Waals surface area (Å²) in [6.45, 7) is 0.472. The molecule has 1 aromatic rings. The van der Waals surface area contributed by atoms with Crippen molar-refractivity contribution in [1.29, 1.82) is 0 Å². The van der Waals surface area contributed by atoms with Crippen molar-refractivity contribution in [2.75, 3.05) is 0 Å². The van der Waals surface area contributed by atoms with Gasteiger partial charge in [0.15, 0.2) is 0 Å². The molecule has 1 aliphatic heterocycles. The maximum absolute atomic E-state index is 12.6. The molecule has 104 valence electrons. The first kappa shape index (κ1) is 12.9. The van der Waals surface area contributed by atoms with Gasteiger partial charge in [-0.25, -0.2) is 0 Å². The maximum atomic E-state index is 12.6. The molecule has 0 saturated heterocycles. The smallest absolute Gasteiger partial charge is 0.250 e. The molecule has 0 unspecified atom stereocenters. The Kier molecular flexibility index (Phi) is 3.30. The number of carbonyl (C=O) groups excluding carboxylic acids is 2. The van der Waals surface area contributed by atoms with E-state index in [1.165, 1.54) is 0 Å². The fourth-order valence-corrected chi connectivity index (χ4v) is 3.04. The molecule has 0 bridgehead atoms. The molecule has 0 aromatic heterocycles. The van der Waals surface area contributed by atoms with Crippen LogP contribution in [0.15, 0.2) is 35.9 Å². The molecule has 20 heavy (non-hydrogen) atoms. The molecule has 0 fully saturated rings. The van der Waals surface area contributed by atoms with E-state index in [1.54, 1.807) is 4.90 Å². The number of primary amides is 1. The average Bonchev–Trinajstić information content (AvgIpc) is 2.99. The predicted octanol–water partition coefficient (Wildman–Crippen LogP) is 1.54. The van der Waals surface area contributed by atoms with Crippen molar-refractivity contribution in [2.24, 2.45) is 5.73 Å². The van der Waals surface area contributed by atoms with Crippen LogP contribution in [0.1, 0.15) is 30.4 Å². The molecule has 1 atom stereocenters. The van der Waals surface area contributed by atoms with Gasteiger partial charge in [-0.2, -0.15) is 0 Å². The summed E-state index contributed by atoms with van der Waals surface area (Å²) in [5.41, 5.74) is 8.55. The van der Waals surface area contributed by atoms with Crippen LogP contribution in [0, 0.1) is 0 Å². The molecule has 0 saturated carbocycles. The van der Waals surface area contributed by atoms with Crippen LogP contribution in [0.2, 0.25) is 0 Å². The SMILES string of the molecule is NC(=O)[C@@H]1Cc2ccccc2CN1C(=O)C1=CCCC1. The van der Waals surface area contributed by atoms with E-state index in [0.29, 0.717) is 13.0 Å². The largest absolute Gasteiger partial charge is 0.368 e. The van der Waals surface area contributed by atoms with E-state index in [9.17, 15) is 9.59 Å². The van der Waals surface area contributed by atoms with Gasteiger partial charge in [-0.1, -0.05) is 30.3 Å². The van der Waals surface area contributed by atoms with E-state index < -0.39 is 11.9 Å². The molecule has 1 aromatic carbocycles. The van der Waals surface area contributed by atoms with Crippen molar-refractivity contribution in [3.05, 3.63) is 47.0 Å². The maximum Gasteiger partial charge on any atom is 0.250 e. The number of carbonyl (C=O) groups is 2. The van der Waals surface area contributed by atoms with Crippen LogP contribution >= 0.6 is 0 Å². The third-order valence-electron chi connectivity index (χ3n) is 4.15. The standard InChI is InChI=1S/C16H18N2O2/c17-15(19)14-9-12-7-3-4-8-13(12)10-18(14)16(20)11-5-1-2-6-11/h3-5,7-8,14H,1-2,6,9-10H2,(H2,17,19)/t14-/m0/s1. The second kappa shape index (κ2) is 5.12. The molecule has 1 aliphatic carbocycles. The van der Waals surface area contributed by atoms with Crippen molar-refractivity contribution >= 4 is 11.8 Å². The zero-order chi connectivity index (χ0) is 14.1. The fourth-order valence-electron chi connectivity index (χ4n) is 3.04. The number of allylic oxidation sites excluding steroid dienone is 1. The zero-order valence-electron chi connectivity index (χ0n) is 11.3.